The molecule has 45 heavy (non-hydrogen) atoms. The van der Waals surface area contributed by atoms with Gasteiger partial charge in [0.2, 0.25) is 0 Å². The molecular weight excluding hydrogens is 589 g/mol. The number of unbranched alkanes of at least 4 members (excludes halogenated alkanes) is 6. The molecule has 2 aromatic carbocycles. The topological polar surface area (TPSA) is 95.2 Å². The maximum absolute atomic E-state index is 9.42. The molecule has 2 heterocycles. The van der Waals surface area contributed by atoms with E-state index in [1.54, 1.807) is 0 Å². The Kier molecular flexibility index (Phi) is 10.3. The van der Waals surface area contributed by atoms with Gasteiger partial charge < -0.3 is 0 Å². The number of nitriles is 4. The predicted octanol–water partition coefficient (Wildman–Crippen LogP) is 8.61. The van der Waals surface area contributed by atoms with Gasteiger partial charge in [-0.3, -0.25) is 0 Å². The summed E-state index contributed by atoms with van der Waals surface area (Å²) in [5, 5.41) is 42.5. The summed E-state index contributed by atoms with van der Waals surface area (Å²) < 4.78 is 3.53. The van der Waals surface area contributed by atoms with Gasteiger partial charge in [0, 0.05) is 14.5 Å². The van der Waals surface area contributed by atoms with E-state index in [0.717, 1.165) is 45.2 Å². The molecule has 0 fully saturated rings. The largest absolute Gasteiger partial charge is 0.192 e. The average molecular weight is 625 g/mol. The summed E-state index contributed by atoms with van der Waals surface area (Å²) in [5.41, 5.74) is 2.96. The molecule has 0 bridgehead atoms. The molecule has 0 N–H and O–H groups in total. The quantitative estimate of drug-likeness (QED) is 0.165. The van der Waals surface area contributed by atoms with E-state index in [1.165, 1.54) is 82.8 Å². The highest BCUT2D eigenvalue weighted by Gasteiger charge is 2.38. The maximum Gasteiger partial charge on any atom is 0.146 e. The fourth-order valence-corrected chi connectivity index (χ4v) is 8.59. The first-order chi connectivity index (χ1) is 22.0. The van der Waals surface area contributed by atoms with Gasteiger partial charge in [-0.05, 0) is 81.2 Å². The van der Waals surface area contributed by atoms with Gasteiger partial charge in [-0.15, -0.1) is 22.7 Å². The Balaban J connectivity index is 1.82. The van der Waals surface area contributed by atoms with Gasteiger partial charge in [-0.25, -0.2) is 0 Å². The van der Waals surface area contributed by atoms with E-state index in [2.05, 4.69) is 50.2 Å². The minimum absolute atomic E-state index is 0.120. The smallest absolute Gasteiger partial charge is 0.146 e. The molecule has 0 unspecified atom stereocenters. The minimum Gasteiger partial charge on any atom is -0.192 e. The molecule has 0 amide bonds. The molecule has 4 aromatic rings. The van der Waals surface area contributed by atoms with Crippen molar-refractivity contribution in [3.8, 4) is 24.3 Å². The number of nitrogens with zero attached hydrogens (tertiary/aromatic N) is 4. The summed E-state index contributed by atoms with van der Waals surface area (Å²) in [6.07, 6.45) is 11.8. The van der Waals surface area contributed by atoms with E-state index < -0.39 is 0 Å². The van der Waals surface area contributed by atoms with E-state index in [9.17, 15) is 21.0 Å². The molecule has 0 saturated heterocycles. The Hall–Kier alpha value is -4.46. The molecule has 0 aliphatic heterocycles. The summed E-state index contributed by atoms with van der Waals surface area (Å²) >= 11 is 3.00. The van der Waals surface area contributed by atoms with Crippen LogP contribution in [0.15, 0.2) is 60.7 Å². The van der Waals surface area contributed by atoms with Gasteiger partial charge in [0.15, 0.2) is 0 Å². The number of hydrogen-bond acceptors (Lipinski definition) is 6. The fraction of sp³-hybridized carbons (Fsp3) is 0.333. The average Bonchev–Trinajstić information content (AvgIpc) is 3.81. The van der Waals surface area contributed by atoms with Crippen LogP contribution in [0, 0.1) is 75.3 Å². The van der Waals surface area contributed by atoms with Gasteiger partial charge in [0.25, 0.3) is 0 Å². The highest BCUT2D eigenvalue weighted by atomic mass is 32.1. The summed E-state index contributed by atoms with van der Waals surface area (Å²) in [6.45, 7) is 4.51. The second-order valence-electron chi connectivity index (χ2n) is 11.7. The highest BCUT2D eigenvalue weighted by Crippen LogP contribution is 2.47. The first-order valence-corrected chi connectivity index (χ1v) is 17.5. The van der Waals surface area contributed by atoms with E-state index in [-0.39, 0.29) is 16.6 Å². The van der Waals surface area contributed by atoms with Crippen molar-refractivity contribution in [3.63, 3.8) is 0 Å². The molecule has 2 aromatic heterocycles. The lowest BCUT2D eigenvalue weighted by atomic mass is 9.70. The zero-order valence-corrected chi connectivity index (χ0v) is 27.6. The SMILES string of the molecule is CCCCCCC1(CCCCCC)c2c/c(=c3/ccc(=C(C#N)C#N)s3)ccc2=c2cc/c(=c3\ccc(=C(C#N)C#N)s3)cc21. The van der Waals surface area contributed by atoms with Crippen LogP contribution in [-0.2, 0) is 5.41 Å². The van der Waals surface area contributed by atoms with Crippen molar-refractivity contribution in [2.75, 3.05) is 0 Å². The van der Waals surface area contributed by atoms with Crippen LogP contribution in [-0.4, -0.2) is 0 Å². The van der Waals surface area contributed by atoms with Gasteiger partial charge in [-0.1, -0.05) is 89.5 Å². The van der Waals surface area contributed by atoms with Crippen LogP contribution in [0.2, 0.25) is 0 Å². The highest BCUT2D eigenvalue weighted by molar-refractivity contribution is 7.08. The van der Waals surface area contributed by atoms with E-state index in [0.29, 0.717) is 9.06 Å². The molecule has 1 aliphatic rings. The van der Waals surface area contributed by atoms with Gasteiger partial charge >= 0.3 is 0 Å². The first kappa shape index (κ1) is 31.9. The molecular formula is C39H36N4S2. The number of thiophene rings is 2. The lowest BCUT2D eigenvalue weighted by Gasteiger charge is -2.33. The normalized spacial score (nSPS) is 13.9. The second-order valence-corrected chi connectivity index (χ2v) is 13.9. The molecule has 1 aliphatic carbocycles. The van der Waals surface area contributed by atoms with Crippen molar-refractivity contribution in [3.05, 3.63) is 111 Å². The van der Waals surface area contributed by atoms with E-state index >= 15 is 0 Å². The second kappa shape index (κ2) is 14.5. The third-order valence-corrected chi connectivity index (χ3v) is 11.3. The van der Waals surface area contributed by atoms with E-state index in [1.807, 2.05) is 48.5 Å². The summed E-state index contributed by atoms with van der Waals surface area (Å²) in [7, 11) is 0. The third kappa shape index (κ3) is 6.37. The Morgan fingerprint density at radius 2 is 0.978 bits per heavy atom. The molecule has 5 rings (SSSR count). The zero-order valence-electron chi connectivity index (χ0n) is 25.9. The van der Waals surface area contributed by atoms with Crippen LogP contribution in [0.5, 0.6) is 0 Å². The van der Waals surface area contributed by atoms with Crippen LogP contribution in [0.4, 0.5) is 0 Å². The molecule has 0 saturated carbocycles. The number of hydrogen-bond donors (Lipinski definition) is 0. The van der Waals surface area contributed by atoms with E-state index in [4.69, 9.17) is 0 Å². The fourth-order valence-electron chi connectivity index (χ4n) is 6.70. The van der Waals surface area contributed by atoms with Crippen LogP contribution in [0.25, 0.3) is 11.1 Å². The van der Waals surface area contributed by atoms with Crippen LogP contribution in [0.1, 0.15) is 89.2 Å². The van der Waals surface area contributed by atoms with Crippen molar-refractivity contribution < 1.29 is 0 Å². The molecule has 6 heteroatoms. The summed E-state index contributed by atoms with van der Waals surface area (Å²) in [6, 6.07) is 29.6. The van der Waals surface area contributed by atoms with Crippen molar-refractivity contribution in [1.29, 1.82) is 21.0 Å². The lowest BCUT2D eigenvalue weighted by Crippen LogP contribution is -2.26. The number of rotatable bonds is 10. The number of fused-ring (bicyclic) bond motifs is 2. The molecule has 224 valence electrons. The first-order valence-electron chi connectivity index (χ1n) is 15.9. The Bertz CT molecular complexity index is 2120. The van der Waals surface area contributed by atoms with Crippen molar-refractivity contribution in [2.45, 2.75) is 83.5 Å². The van der Waals surface area contributed by atoms with Crippen molar-refractivity contribution >= 4 is 33.8 Å². The van der Waals surface area contributed by atoms with Crippen molar-refractivity contribution in [1.82, 2.24) is 0 Å². The van der Waals surface area contributed by atoms with Crippen LogP contribution >= 0.6 is 22.7 Å². The van der Waals surface area contributed by atoms with Gasteiger partial charge in [-0.2, -0.15) is 21.0 Å². The maximum atomic E-state index is 9.42. The Morgan fingerprint density at radius 3 is 1.36 bits per heavy atom. The molecule has 0 radical (unpaired) electrons. The van der Waals surface area contributed by atoms with Crippen molar-refractivity contribution in [2.24, 2.45) is 0 Å². The van der Waals surface area contributed by atoms with Crippen LogP contribution in [0.3, 0.4) is 0 Å². The standard InChI is InChI=1S/C39H36N4S2/c1-3-5-7-9-19-39(20-10-8-6-4-2)33-21-27(35-15-17-37(44-35)29(23-40)24-41)11-13-31(33)32-14-12-28(22-34(32)39)36-16-18-38(45-36)30(25-42)26-43/h11-18,21-22H,3-10,19-20H2,1-2H3/b35-27-,36-28-. The monoisotopic (exact) mass is 624 g/mol. The van der Waals surface area contributed by atoms with Gasteiger partial charge in [0.1, 0.15) is 35.4 Å². The molecule has 0 atom stereocenters. The number of benzene rings is 2. The Labute approximate surface area is 272 Å². The minimum atomic E-state index is -0.120. The lowest BCUT2D eigenvalue weighted by molar-refractivity contribution is 0.397. The van der Waals surface area contributed by atoms with Gasteiger partial charge in [0.05, 0.1) is 9.06 Å². The summed E-state index contributed by atoms with van der Waals surface area (Å²) in [4.78, 5) is 0. The molecule has 0 spiro atoms. The summed E-state index contributed by atoms with van der Waals surface area (Å²) in [5.74, 6) is 0. The van der Waals surface area contributed by atoms with Crippen LogP contribution < -0.4 is 9.06 Å². The Morgan fingerprint density at radius 1 is 0.556 bits per heavy atom. The predicted molar refractivity (Wildman–Crippen MR) is 181 cm³/mol. The zero-order chi connectivity index (χ0) is 31.8. The third-order valence-electron chi connectivity index (χ3n) is 9.00. The molecule has 4 nitrogen and oxygen atoms in total.